The highest BCUT2D eigenvalue weighted by Gasteiger charge is 2.34. The van der Waals surface area contributed by atoms with Crippen molar-refractivity contribution in [2.24, 2.45) is 0 Å². The van der Waals surface area contributed by atoms with E-state index < -0.39 is 28.5 Å². The maximum absolute atomic E-state index is 14.1. The van der Waals surface area contributed by atoms with E-state index in [1.807, 2.05) is 44.2 Å². The molecule has 12 heteroatoms. The summed E-state index contributed by atoms with van der Waals surface area (Å²) >= 11 is 24.8. The fraction of sp³-hybridized carbons (Fsp3) is 0.310. The van der Waals surface area contributed by atoms with Crippen molar-refractivity contribution in [3.8, 4) is 0 Å². The first-order chi connectivity index (χ1) is 19.3. The number of nitrogens with zero attached hydrogens (tertiary/aromatic N) is 2. The number of carbonyl (C=O) groups is 2. The van der Waals surface area contributed by atoms with Crippen LogP contribution in [-0.2, 0) is 32.6 Å². The number of hydrogen-bond donors (Lipinski definition) is 1. The molecule has 0 aliphatic heterocycles. The van der Waals surface area contributed by atoms with Gasteiger partial charge in [-0.05, 0) is 48.7 Å². The molecule has 1 N–H and O–H groups in total. The van der Waals surface area contributed by atoms with E-state index in [9.17, 15) is 18.0 Å². The van der Waals surface area contributed by atoms with Crippen molar-refractivity contribution < 1.29 is 18.0 Å². The van der Waals surface area contributed by atoms with Crippen LogP contribution in [-0.4, -0.2) is 50.0 Å². The molecule has 0 spiro atoms. The van der Waals surface area contributed by atoms with Crippen LogP contribution in [0.3, 0.4) is 0 Å². The lowest BCUT2D eigenvalue weighted by molar-refractivity contribution is -0.140. The molecule has 220 valence electrons. The van der Waals surface area contributed by atoms with Gasteiger partial charge in [0.2, 0.25) is 21.8 Å². The summed E-state index contributed by atoms with van der Waals surface area (Å²) in [6.07, 6.45) is 1.84. The van der Waals surface area contributed by atoms with Crippen LogP contribution in [0.25, 0.3) is 0 Å². The van der Waals surface area contributed by atoms with Crippen LogP contribution in [0.15, 0.2) is 66.7 Å². The first-order valence-electron chi connectivity index (χ1n) is 12.8. The number of hydrogen-bond acceptors (Lipinski definition) is 4. The van der Waals surface area contributed by atoms with Gasteiger partial charge in [-0.25, -0.2) is 8.42 Å². The lowest BCUT2D eigenvalue weighted by Gasteiger charge is -2.34. The monoisotopic (exact) mass is 657 g/mol. The van der Waals surface area contributed by atoms with Gasteiger partial charge >= 0.3 is 0 Å². The van der Waals surface area contributed by atoms with Crippen molar-refractivity contribution in [3.05, 3.63) is 97.9 Å². The molecule has 0 bridgehead atoms. The molecule has 0 saturated heterocycles. The summed E-state index contributed by atoms with van der Waals surface area (Å²) < 4.78 is 26.7. The van der Waals surface area contributed by atoms with E-state index in [4.69, 9.17) is 46.4 Å². The molecule has 7 nitrogen and oxygen atoms in total. The molecule has 0 aliphatic rings. The van der Waals surface area contributed by atoms with E-state index in [0.29, 0.717) is 17.0 Å². The molecule has 3 aromatic rings. The summed E-state index contributed by atoms with van der Waals surface area (Å²) in [6.45, 7) is 3.17. The summed E-state index contributed by atoms with van der Waals surface area (Å²) in [6, 6.07) is 17.7. The lowest BCUT2D eigenvalue weighted by atomic mass is 10.0. The maximum Gasteiger partial charge on any atom is 0.244 e. The van der Waals surface area contributed by atoms with Gasteiger partial charge in [0, 0.05) is 24.0 Å². The second kappa shape index (κ2) is 14.6. The zero-order valence-corrected chi connectivity index (χ0v) is 26.6. The summed E-state index contributed by atoms with van der Waals surface area (Å²) in [5, 5.41) is 3.63. The number of carbonyl (C=O) groups excluding carboxylic acids is 2. The highest BCUT2D eigenvalue weighted by atomic mass is 35.5. The molecule has 0 fully saturated rings. The number of rotatable bonds is 12. The Morgan fingerprint density at radius 2 is 1.51 bits per heavy atom. The van der Waals surface area contributed by atoms with E-state index in [0.717, 1.165) is 16.1 Å². The molecule has 0 unspecified atom stereocenters. The Bertz CT molecular complexity index is 1490. The Morgan fingerprint density at radius 3 is 2.12 bits per heavy atom. The third kappa shape index (κ3) is 9.25. The molecule has 0 radical (unpaired) electrons. The molecule has 41 heavy (non-hydrogen) atoms. The summed E-state index contributed by atoms with van der Waals surface area (Å²) in [7, 11) is -4.03. The van der Waals surface area contributed by atoms with Crippen molar-refractivity contribution in [1.29, 1.82) is 0 Å². The molecule has 0 saturated carbocycles. The largest absolute Gasteiger partial charge is 0.352 e. The van der Waals surface area contributed by atoms with Crippen LogP contribution in [0.2, 0.25) is 20.1 Å². The normalized spacial score (nSPS) is 12.9. The van der Waals surface area contributed by atoms with Gasteiger partial charge in [-0.15, -0.1) is 0 Å². The topological polar surface area (TPSA) is 86.8 Å². The van der Waals surface area contributed by atoms with Crippen LogP contribution in [0.5, 0.6) is 0 Å². The smallest absolute Gasteiger partial charge is 0.244 e. The molecular formula is C29H31Cl4N3O4S. The second-order valence-corrected chi connectivity index (χ2v) is 13.2. The minimum absolute atomic E-state index is 0.00245. The maximum atomic E-state index is 14.1. The number of nitrogens with one attached hydrogen (secondary N) is 1. The van der Waals surface area contributed by atoms with E-state index in [2.05, 4.69) is 5.32 Å². The van der Waals surface area contributed by atoms with Crippen molar-refractivity contribution in [3.63, 3.8) is 0 Å². The van der Waals surface area contributed by atoms with Crippen LogP contribution in [0, 0.1) is 0 Å². The first kappa shape index (κ1) is 33.0. The average Bonchev–Trinajstić information content (AvgIpc) is 2.91. The zero-order valence-electron chi connectivity index (χ0n) is 22.8. The van der Waals surface area contributed by atoms with Gasteiger partial charge in [0.05, 0.1) is 27.0 Å². The van der Waals surface area contributed by atoms with Crippen molar-refractivity contribution in [1.82, 2.24) is 10.2 Å². The predicted octanol–water partition coefficient (Wildman–Crippen LogP) is 6.62. The number of sulfonamides is 1. The summed E-state index contributed by atoms with van der Waals surface area (Å²) in [4.78, 5) is 29.2. The number of anilines is 1. The fourth-order valence-corrected chi connectivity index (χ4v) is 5.88. The Hall–Kier alpha value is -2.49. The standard InChI is InChI=1S/C29H31Cl4N3O4S/c1-4-19(2)34-29(38)27(14-20-9-6-5-7-10-20)35(17-21-11-8-12-22(30)13-21)28(37)18-36(41(3,39)40)26-16-24(32)23(31)15-25(26)33/h5-13,15-16,19,27H,4,14,17-18H2,1-3H3,(H,34,38)/t19-,27+/m0/s1. The number of halogens is 4. The SMILES string of the molecule is CC[C@H](C)NC(=O)[C@@H](Cc1ccccc1)N(Cc1cccc(Cl)c1)C(=O)CN(c1cc(Cl)c(Cl)cc1Cl)S(C)(=O)=O. The molecule has 3 rings (SSSR count). The number of benzene rings is 3. The van der Waals surface area contributed by atoms with Gasteiger partial charge in [0.1, 0.15) is 12.6 Å². The van der Waals surface area contributed by atoms with Gasteiger partial charge < -0.3 is 10.2 Å². The highest BCUT2D eigenvalue weighted by Crippen LogP contribution is 2.35. The van der Waals surface area contributed by atoms with E-state index >= 15 is 0 Å². The summed E-state index contributed by atoms with van der Waals surface area (Å²) in [5.41, 5.74) is 1.48. The quantitative estimate of drug-likeness (QED) is 0.222. The minimum Gasteiger partial charge on any atom is -0.352 e. The van der Waals surface area contributed by atoms with Gasteiger partial charge in [0.15, 0.2) is 0 Å². The van der Waals surface area contributed by atoms with Crippen molar-refractivity contribution >= 4 is 73.9 Å². The second-order valence-electron chi connectivity index (χ2n) is 9.66. The third-order valence-electron chi connectivity index (χ3n) is 6.45. The Balaban J connectivity index is 2.10. The van der Waals surface area contributed by atoms with Gasteiger partial charge in [-0.1, -0.05) is 95.8 Å². The molecule has 2 amide bonds. The average molecular weight is 659 g/mol. The van der Waals surface area contributed by atoms with Gasteiger partial charge in [-0.3, -0.25) is 13.9 Å². The molecule has 0 aliphatic carbocycles. The Morgan fingerprint density at radius 1 is 0.878 bits per heavy atom. The van der Waals surface area contributed by atoms with Crippen LogP contribution in [0.1, 0.15) is 31.4 Å². The van der Waals surface area contributed by atoms with Crippen LogP contribution in [0.4, 0.5) is 5.69 Å². The Kier molecular flexibility index (Phi) is 11.8. The molecule has 0 aromatic heterocycles. The molecule has 2 atom stereocenters. The molecule has 3 aromatic carbocycles. The first-order valence-corrected chi connectivity index (χ1v) is 16.2. The van der Waals surface area contributed by atoms with Crippen LogP contribution < -0.4 is 9.62 Å². The molecular weight excluding hydrogens is 628 g/mol. The predicted molar refractivity (Wildman–Crippen MR) is 167 cm³/mol. The van der Waals surface area contributed by atoms with Gasteiger partial charge in [-0.2, -0.15) is 0 Å². The van der Waals surface area contributed by atoms with Crippen LogP contribution >= 0.6 is 46.4 Å². The van der Waals surface area contributed by atoms with E-state index in [1.165, 1.54) is 17.0 Å². The molecule has 0 heterocycles. The third-order valence-corrected chi connectivity index (χ3v) is 8.84. The Labute approximate surface area is 261 Å². The van der Waals surface area contributed by atoms with Crippen molar-refractivity contribution in [2.45, 2.75) is 45.3 Å². The zero-order chi connectivity index (χ0) is 30.3. The van der Waals surface area contributed by atoms with Crippen molar-refractivity contribution in [2.75, 3.05) is 17.1 Å². The van der Waals surface area contributed by atoms with Gasteiger partial charge in [0.25, 0.3) is 0 Å². The van der Waals surface area contributed by atoms with E-state index in [1.54, 1.807) is 24.3 Å². The van der Waals surface area contributed by atoms with E-state index in [-0.39, 0.29) is 45.7 Å². The minimum atomic E-state index is -4.03. The summed E-state index contributed by atoms with van der Waals surface area (Å²) in [5.74, 6) is -0.991. The number of amides is 2. The fourth-order valence-electron chi connectivity index (χ4n) is 4.13. The lowest BCUT2D eigenvalue weighted by Crippen LogP contribution is -2.54. The highest BCUT2D eigenvalue weighted by molar-refractivity contribution is 7.92.